The fourth-order valence-corrected chi connectivity index (χ4v) is 2.38. The quantitative estimate of drug-likeness (QED) is 0.813. The highest BCUT2D eigenvalue weighted by Gasteiger charge is 2.12. The maximum absolute atomic E-state index is 13.7. The third-order valence-electron chi connectivity index (χ3n) is 2.54. The Balaban J connectivity index is 2.58. The predicted octanol–water partition coefficient (Wildman–Crippen LogP) is 2.11. The summed E-state index contributed by atoms with van der Waals surface area (Å²) < 4.78 is 18.2. The van der Waals surface area contributed by atoms with E-state index in [1.54, 1.807) is 0 Å². The molecule has 0 bridgehead atoms. The highest BCUT2D eigenvalue weighted by molar-refractivity contribution is 7.99. The van der Waals surface area contributed by atoms with Crippen molar-refractivity contribution < 1.29 is 18.7 Å². The van der Waals surface area contributed by atoms with Crippen molar-refractivity contribution in [1.82, 2.24) is 0 Å². The average molecular weight is 285 g/mol. The number of benzene rings is 1. The smallest absolute Gasteiger partial charge is 0.306 e. The van der Waals surface area contributed by atoms with Crippen LogP contribution in [0.3, 0.4) is 0 Å². The van der Waals surface area contributed by atoms with Crippen molar-refractivity contribution in [2.45, 2.75) is 24.3 Å². The monoisotopic (exact) mass is 285 g/mol. The lowest BCUT2D eigenvalue weighted by atomic mass is 10.1. The molecule has 0 saturated carbocycles. The van der Waals surface area contributed by atoms with Crippen molar-refractivity contribution >= 4 is 23.6 Å². The van der Waals surface area contributed by atoms with Crippen LogP contribution in [0.1, 0.15) is 29.3 Å². The molecule has 4 nitrogen and oxygen atoms in total. The van der Waals surface area contributed by atoms with E-state index in [2.05, 4.69) is 4.74 Å². The Morgan fingerprint density at radius 2 is 2.16 bits per heavy atom. The number of carbonyl (C=O) groups excluding carboxylic acids is 2. The normalized spacial score (nSPS) is 11.9. The van der Waals surface area contributed by atoms with Crippen LogP contribution in [0.25, 0.3) is 0 Å². The van der Waals surface area contributed by atoms with Gasteiger partial charge in [0.1, 0.15) is 5.82 Å². The van der Waals surface area contributed by atoms with Crippen LogP contribution in [0.4, 0.5) is 4.39 Å². The number of esters is 1. The Labute approximate surface area is 115 Å². The molecule has 0 heterocycles. The van der Waals surface area contributed by atoms with Gasteiger partial charge in [0.05, 0.1) is 13.5 Å². The van der Waals surface area contributed by atoms with Gasteiger partial charge >= 0.3 is 5.97 Å². The molecule has 19 heavy (non-hydrogen) atoms. The standard InChI is InChI=1S/C13H16FNO3S/c1-8(5-12(16)18-2)19-7-10-4-3-9(13(15)17)6-11(10)14/h3-4,6,8H,5,7H2,1-2H3,(H2,15,17). The maximum atomic E-state index is 13.7. The minimum atomic E-state index is -0.655. The molecule has 0 aliphatic carbocycles. The molecule has 1 atom stereocenters. The number of methoxy groups -OCH3 is 1. The van der Waals surface area contributed by atoms with Crippen LogP contribution >= 0.6 is 11.8 Å². The van der Waals surface area contributed by atoms with Gasteiger partial charge in [-0.15, -0.1) is 0 Å². The largest absolute Gasteiger partial charge is 0.469 e. The second kappa shape index (κ2) is 7.13. The fraction of sp³-hybridized carbons (Fsp3) is 0.385. The summed E-state index contributed by atoms with van der Waals surface area (Å²) in [5.74, 6) is -0.987. The first-order valence-electron chi connectivity index (χ1n) is 5.70. The Bertz CT molecular complexity index is 479. The molecule has 0 aliphatic heterocycles. The molecular formula is C13H16FNO3S. The molecule has 2 N–H and O–H groups in total. The van der Waals surface area contributed by atoms with E-state index in [9.17, 15) is 14.0 Å². The summed E-state index contributed by atoms with van der Waals surface area (Å²) in [5.41, 5.74) is 5.69. The summed E-state index contributed by atoms with van der Waals surface area (Å²) >= 11 is 1.44. The number of ether oxygens (including phenoxy) is 1. The number of primary amides is 1. The van der Waals surface area contributed by atoms with Crippen molar-refractivity contribution in [3.05, 3.63) is 35.1 Å². The molecule has 0 fully saturated rings. The van der Waals surface area contributed by atoms with E-state index in [0.29, 0.717) is 11.3 Å². The van der Waals surface area contributed by atoms with Crippen molar-refractivity contribution in [2.75, 3.05) is 7.11 Å². The minimum absolute atomic E-state index is 0.0302. The minimum Gasteiger partial charge on any atom is -0.469 e. The van der Waals surface area contributed by atoms with Crippen LogP contribution < -0.4 is 5.73 Å². The van der Waals surface area contributed by atoms with E-state index in [1.807, 2.05) is 6.92 Å². The highest BCUT2D eigenvalue weighted by Crippen LogP contribution is 2.22. The number of carbonyl (C=O) groups is 2. The molecule has 0 radical (unpaired) electrons. The van der Waals surface area contributed by atoms with Gasteiger partial charge in [-0.05, 0) is 17.7 Å². The molecule has 1 aromatic carbocycles. The third-order valence-corrected chi connectivity index (χ3v) is 3.76. The molecule has 1 amide bonds. The molecule has 0 spiro atoms. The molecule has 104 valence electrons. The van der Waals surface area contributed by atoms with Crippen LogP contribution in [0.5, 0.6) is 0 Å². The van der Waals surface area contributed by atoms with Gasteiger partial charge < -0.3 is 10.5 Å². The van der Waals surface area contributed by atoms with Gasteiger partial charge in [0.25, 0.3) is 0 Å². The zero-order chi connectivity index (χ0) is 14.4. The summed E-state index contributed by atoms with van der Waals surface area (Å²) in [6.45, 7) is 1.87. The lowest BCUT2D eigenvalue weighted by molar-refractivity contribution is -0.140. The van der Waals surface area contributed by atoms with Gasteiger partial charge in [-0.1, -0.05) is 13.0 Å². The molecule has 1 unspecified atom stereocenters. The van der Waals surface area contributed by atoms with E-state index in [4.69, 9.17) is 5.73 Å². The number of hydrogen-bond acceptors (Lipinski definition) is 4. The van der Waals surface area contributed by atoms with Crippen LogP contribution in [-0.2, 0) is 15.3 Å². The second-order valence-electron chi connectivity index (χ2n) is 4.07. The summed E-state index contributed by atoms with van der Waals surface area (Å²) in [6.07, 6.45) is 0.280. The van der Waals surface area contributed by atoms with Crippen LogP contribution in [0.15, 0.2) is 18.2 Å². The van der Waals surface area contributed by atoms with Crippen LogP contribution in [0.2, 0.25) is 0 Å². The second-order valence-corrected chi connectivity index (χ2v) is 5.50. The molecule has 0 aliphatic rings. The Hall–Kier alpha value is -1.56. The van der Waals surface area contributed by atoms with Gasteiger partial charge in [-0.2, -0.15) is 11.8 Å². The van der Waals surface area contributed by atoms with Crippen molar-refractivity contribution in [3.8, 4) is 0 Å². The van der Waals surface area contributed by atoms with Crippen molar-refractivity contribution in [1.29, 1.82) is 0 Å². The topological polar surface area (TPSA) is 69.4 Å². The van der Waals surface area contributed by atoms with E-state index in [0.717, 1.165) is 6.07 Å². The van der Waals surface area contributed by atoms with Gasteiger partial charge in [-0.3, -0.25) is 9.59 Å². The Morgan fingerprint density at radius 3 is 2.68 bits per heavy atom. The van der Waals surface area contributed by atoms with Crippen molar-refractivity contribution in [2.24, 2.45) is 5.73 Å². The number of amides is 1. The van der Waals surface area contributed by atoms with Crippen LogP contribution in [0, 0.1) is 5.82 Å². The summed E-state index contributed by atoms with van der Waals surface area (Å²) in [5, 5.41) is 0.0302. The van der Waals surface area contributed by atoms with Gasteiger partial charge in [-0.25, -0.2) is 4.39 Å². The summed E-state index contributed by atoms with van der Waals surface area (Å²) in [4.78, 5) is 21.9. The average Bonchev–Trinajstić information content (AvgIpc) is 2.36. The number of nitrogens with two attached hydrogens (primary N) is 1. The molecule has 1 aromatic rings. The first-order chi connectivity index (χ1) is 8.93. The third kappa shape index (κ3) is 4.90. The van der Waals surface area contributed by atoms with Gasteiger partial charge in [0.15, 0.2) is 0 Å². The van der Waals surface area contributed by atoms with E-state index < -0.39 is 11.7 Å². The Kier molecular flexibility index (Phi) is 5.82. The number of hydrogen-bond donors (Lipinski definition) is 1. The van der Waals surface area contributed by atoms with E-state index >= 15 is 0 Å². The molecule has 0 aromatic heterocycles. The molecular weight excluding hydrogens is 269 g/mol. The predicted molar refractivity (Wildman–Crippen MR) is 72.3 cm³/mol. The van der Waals surface area contributed by atoms with Gasteiger partial charge in [0.2, 0.25) is 5.91 Å². The molecule has 1 rings (SSSR count). The van der Waals surface area contributed by atoms with E-state index in [1.165, 1.54) is 31.0 Å². The van der Waals surface area contributed by atoms with Crippen molar-refractivity contribution in [3.63, 3.8) is 0 Å². The highest BCUT2D eigenvalue weighted by atomic mass is 32.2. The fourth-order valence-electron chi connectivity index (χ4n) is 1.43. The van der Waals surface area contributed by atoms with E-state index in [-0.39, 0.29) is 23.2 Å². The zero-order valence-corrected chi connectivity index (χ0v) is 11.6. The van der Waals surface area contributed by atoms with Gasteiger partial charge in [0, 0.05) is 16.6 Å². The first-order valence-corrected chi connectivity index (χ1v) is 6.75. The number of thioether (sulfide) groups is 1. The number of rotatable bonds is 6. The lowest BCUT2D eigenvalue weighted by Gasteiger charge is -2.10. The first kappa shape index (κ1) is 15.5. The SMILES string of the molecule is COC(=O)CC(C)SCc1ccc(C(N)=O)cc1F. The Morgan fingerprint density at radius 1 is 1.47 bits per heavy atom. The summed E-state index contributed by atoms with van der Waals surface area (Å²) in [7, 11) is 1.34. The number of halogens is 1. The molecule has 0 saturated heterocycles. The van der Waals surface area contributed by atoms with Crippen LogP contribution in [-0.4, -0.2) is 24.2 Å². The maximum Gasteiger partial charge on any atom is 0.306 e. The molecule has 6 heteroatoms. The lowest BCUT2D eigenvalue weighted by Crippen LogP contribution is -2.11. The summed E-state index contributed by atoms with van der Waals surface area (Å²) in [6, 6.07) is 4.16. The zero-order valence-electron chi connectivity index (χ0n) is 10.8.